The topological polar surface area (TPSA) is 57.9 Å². The van der Waals surface area contributed by atoms with Gasteiger partial charge in [-0.2, -0.15) is 0 Å². The predicted octanol–water partition coefficient (Wildman–Crippen LogP) is 5.30. The minimum atomic E-state index is -3.22. The smallest absolute Gasteiger partial charge is 0.175 e. The van der Waals surface area contributed by atoms with Crippen molar-refractivity contribution in [3.63, 3.8) is 0 Å². The van der Waals surface area contributed by atoms with E-state index in [1.807, 2.05) is 18.3 Å². The molecule has 2 aliphatic rings. The number of anilines is 1. The monoisotopic (exact) mass is 514 g/mol. The largest absolute Gasteiger partial charge is 0.369 e. The van der Waals surface area contributed by atoms with E-state index in [0.717, 1.165) is 60.1 Å². The first-order chi connectivity index (χ1) is 17.8. The highest BCUT2D eigenvalue weighted by molar-refractivity contribution is 7.90. The van der Waals surface area contributed by atoms with Crippen molar-refractivity contribution in [1.82, 2.24) is 14.3 Å². The molecule has 192 valence electrons. The van der Waals surface area contributed by atoms with Gasteiger partial charge in [0.1, 0.15) is 5.65 Å². The number of pyridine rings is 1. The van der Waals surface area contributed by atoms with Gasteiger partial charge in [0.15, 0.2) is 9.84 Å². The number of aryl methyl sites for hydroxylation is 1. The molecule has 1 saturated carbocycles. The number of benzene rings is 2. The van der Waals surface area contributed by atoms with Crippen molar-refractivity contribution in [3.8, 4) is 22.4 Å². The molecule has 0 unspecified atom stereocenters. The number of aromatic nitrogens is 2. The van der Waals surface area contributed by atoms with Crippen LogP contribution in [0.3, 0.4) is 0 Å². The van der Waals surface area contributed by atoms with Crippen LogP contribution in [-0.4, -0.2) is 61.7 Å². The van der Waals surface area contributed by atoms with Crippen LogP contribution in [0.5, 0.6) is 0 Å². The Balaban J connectivity index is 1.18. The summed E-state index contributed by atoms with van der Waals surface area (Å²) >= 11 is 0. The average Bonchev–Trinajstić information content (AvgIpc) is 3.31. The first-order valence-corrected chi connectivity index (χ1v) is 15.1. The van der Waals surface area contributed by atoms with E-state index in [1.54, 1.807) is 12.1 Å². The van der Waals surface area contributed by atoms with Crippen LogP contribution in [0.25, 0.3) is 28.0 Å². The number of hydrogen-bond acceptors (Lipinski definition) is 5. The van der Waals surface area contributed by atoms with Crippen LogP contribution < -0.4 is 4.90 Å². The van der Waals surface area contributed by atoms with Crippen LogP contribution in [0, 0.1) is 12.8 Å². The second kappa shape index (κ2) is 9.62. The Bertz CT molecular complexity index is 1510. The van der Waals surface area contributed by atoms with Crippen molar-refractivity contribution in [2.45, 2.75) is 31.1 Å². The molecule has 2 aromatic heterocycles. The summed E-state index contributed by atoms with van der Waals surface area (Å²) in [5, 5.41) is 0. The molecule has 2 aromatic carbocycles. The molecular formula is C30H34N4O2S. The van der Waals surface area contributed by atoms with Crippen molar-refractivity contribution in [1.29, 1.82) is 0 Å². The normalized spacial score (nSPS) is 17.3. The maximum atomic E-state index is 11.8. The van der Waals surface area contributed by atoms with Gasteiger partial charge in [-0.25, -0.2) is 13.4 Å². The van der Waals surface area contributed by atoms with Crippen molar-refractivity contribution >= 4 is 21.2 Å². The van der Waals surface area contributed by atoms with Crippen LogP contribution in [0.2, 0.25) is 0 Å². The summed E-state index contributed by atoms with van der Waals surface area (Å²) in [5.41, 5.74) is 7.36. The average molecular weight is 515 g/mol. The molecule has 1 aliphatic carbocycles. The van der Waals surface area contributed by atoms with Gasteiger partial charge in [0.25, 0.3) is 0 Å². The molecule has 1 aliphatic heterocycles. The highest BCUT2D eigenvalue weighted by Crippen LogP contribution is 2.30. The zero-order valence-corrected chi connectivity index (χ0v) is 22.4. The van der Waals surface area contributed by atoms with E-state index in [1.165, 1.54) is 43.3 Å². The Morgan fingerprint density at radius 1 is 0.865 bits per heavy atom. The van der Waals surface area contributed by atoms with E-state index in [4.69, 9.17) is 4.98 Å². The Morgan fingerprint density at radius 2 is 1.54 bits per heavy atom. The summed E-state index contributed by atoms with van der Waals surface area (Å²) in [4.78, 5) is 10.3. The molecule has 0 radical (unpaired) electrons. The van der Waals surface area contributed by atoms with Crippen molar-refractivity contribution < 1.29 is 8.42 Å². The van der Waals surface area contributed by atoms with Gasteiger partial charge >= 0.3 is 0 Å². The standard InChI is InChI=1S/C30H34N4O2S/c1-22-18-26(20-34-21-29(31-30(22)34)25-8-12-28(13-9-25)37(2,35)36)24-6-10-27(11-7-24)33-16-14-32(15-17-33)19-23-4-3-5-23/h6-13,18,20-21,23H,3-5,14-17,19H2,1-2H3. The number of sulfone groups is 1. The van der Waals surface area contributed by atoms with Gasteiger partial charge in [-0.05, 0) is 72.7 Å². The molecule has 37 heavy (non-hydrogen) atoms. The first kappa shape index (κ1) is 24.2. The summed E-state index contributed by atoms with van der Waals surface area (Å²) in [6.45, 7) is 7.89. The van der Waals surface area contributed by atoms with Crippen molar-refractivity contribution in [2.24, 2.45) is 5.92 Å². The maximum Gasteiger partial charge on any atom is 0.175 e. The third kappa shape index (κ3) is 5.03. The fourth-order valence-corrected chi connectivity index (χ4v) is 6.16. The number of fused-ring (bicyclic) bond motifs is 1. The van der Waals surface area contributed by atoms with Crippen LogP contribution in [0.1, 0.15) is 24.8 Å². The van der Waals surface area contributed by atoms with Gasteiger partial charge in [0.05, 0.1) is 10.6 Å². The Hall–Kier alpha value is -3.16. The molecule has 0 bridgehead atoms. The van der Waals surface area contributed by atoms with Crippen LogP contribution >= 0.6 is 0 Å². The fraction of sp³-hybridized carbons (Fsp3) is 0.367. The number of hydrogen-bond donors (Lipinski definition) is 0. The molecule has 0 spiro atoms. The van der Waals surface area contributed by atoms with Gasteiger partial charge in [0.2, 0.25) is 0 Å². The molecule has 1 saturated heterocycles. The zero-order valence-electron chi connectivity index (χ0n) is 21.6. The van der Waals surface area contributed by atoms with Crippen molar-refractivity contribution in [3.05, 3.63) is 72.6 Å². The molecule has 6 nitrogen and oxygen atoms in total. The highest BCUT2D eigenvalue weighted by Gasteiger charge is 2.23. The van der Waals surface area contributed by atoms with E-state index in [-0.39, 0.29) is 0 Å². The minimum absolute atomic E-state index is 0.317. The summed E-state index contributed by atoms with van der Waals surface area (Å²) in [6, 6.07) is 18.0. The summed E-state index contributed by atoms with van der Waals surface area (Å²) < 4.78 is 25.6. The SMILES string of the molecule is Cc1cc(-c2ccc(N3CCN(CC4CCC4)CC3)cc2)cn2cc(-c3ccc(S(C)(=O)=O)cc3)nc12. The lowest BCUT2D eigenvalue weighted by molar-refractivity contribution is 0.170. The molecular weight excluding hydrogens is 480 g/mol. The second-order valence-corrected chi connectivity index (χ2v) is 12.7. The lowest BCUT2D eigenvalue weighted by Gasteiger charge is -2.39. The van der Waals surface area contributed by atoms with Gasteiger partial charge in [-0.1, -0.05) is 30.7 Å². The van der Waals surface area contributed by atoms with E-state index >= 15 is 0 Å². The van der Waals surface area contributed by atoms with E-state index in [2.05, 4.69) is 57.7 Å². The minimum Gasteiger partial charge on any atom is -0.369 e. The van der Waals surface area contributed by atoms with Gasteiger partial charge in [-0.15, -0.1) is 0 Å². The second-order valence-electron chi connectivity index (χ2n) is 10.7. The molecule has 6 rings (SSSR count). The Kier molecular flexibility index (Phi) is 6.29. The van der Waals surface area contributed by atoms with Crippen LogP contribution in [-0.2, 0) is 9.84 Å². The Morgan fingerprint density at radius 3 is 2.16 bits per heavy atom. The van der Waals surface area contributed by atoms with Crippen LogP contribution in [0.15, 0.2) is 71.9 Å². The molecule has 3 heterocycles. The molecule has 2 fully saturated rings. The first-order valence-electron chi connectivity index (χ1n) is 13.2. The van der Waals surface area contributed by atoms with Gasteiger partial charge in [0, 0.05) is 62.6 Å². The van der Waals surface area contributed by atoms with E-state index in [0.29, 0.717) is 4.90 Å². The van der Waals surface area contributed by atoms with Gasteiger partial charge < -0.3 is 9.30 Å². The highest BCUT2D eigenvalue weighted by atomic mass is 32.2. The molecule has 7 heteroatoms. The molecule has 4 aromatic rings. The number of nitrogens with zero attached hydrogens (tertiary/aromatic N) is 4. The third-order valence-corrected chi connectivity index (χ3v) is 9.12. The molecule has 0 atom stereocenters. The fourth-order valence-electron chi connectivity index (χ4n) is 5.53. The van der Waals surface area contributed by atoms with E-state index < -0.39 is 9.84 Å². The summed E-state index contributed by atoms with van der Waals surface area (Å²) in [5.74, 6) is 0.943. The predicted molar refractivity (Wildman–Crippen MR) is 150 cm³/mol. The van der Waals surface area contributed by atoms with Crippen LogP contribution in [0.4, 0.5) is 5.69 Å². The van der Waals surface area contributed by atoms with Crippen molar-refractivity contribution in [2.75, 3.05) is 43.9 Å². The maximum absolute atomic E-state index is 11.8. The van der Waals surface area contributed by atoms with E-state index in [9.17, 15) is 8.42 Å². The molecule has 0 N–H and O–H groups in total. The molecule has 0 amide bonds. The Labute approximate surface area is 219 Å². The van der Waals surface area contributed by atoms with Gasteiger partial charge in [-0.3, -0.25) is 4.90 Å². The lowest BCUT2D eigenvalue weighted by Crippen LogP contribution is -2.48. The number of imidazole rings is 1. The zero-order chi connectivity index (χ0) is 25.6. The number of rotatable bonds is 6. The summed E-state index contributed by atoms with van der Waals surface area (Å²) in [6.07, 6.45) is 9.63. The third-order valence-electron chi connectivity index (χ3n) is 7.99. The number of piperazine rings is 1. The quantitative estimate of drug-likeness (QED) is 0.349. The lowest BCUT2D eigenvalue weighted by atomic mass is 9.85. The summed E-state index contributed by atoms with van der Waals surface area (Å²) in [7, 11) is -3.22.